The van der Waals surface area contributed by atoms with Crippen molar-refractivity contribution in [3.8, 4) is 11.5 Å². The molecule has 2 N–H and O–H groups in total. The fraction of sp³-hybridized carbons (Fsp3) is 0.290. The second-order valence-corrected chi connectivity index (χ2v) is 10.2. The average Bonchev–Trinajstić information content (AvgIpc) is 3.42. The Morgan fingerprint density at radius 3 is 2.20 bits per heavy atom. The number of anilines is 1. The molecule has 2 saturated heterocycles. The molecule has 3 aromatic carbocycles. The van der Waals surface area contributed by atoms with Crippen LogP contribution in [0.15, 0.2) is 66.7 Å². The van der Waals surface area contributed by atoms with E-state index in [4.69, 9.17) is 9.47 Å². The summed E-state index contributed by atoms with van der Waals surface area (Å²) in [6, 6.07) is 17.8. The molecule has 0 spiro atoms. The van der Waals surface area contributed by atoms with Gasteiger partial charge in [0, 0.05) is 29.2 Å². The Morgan fingerprint density at radius 1 is 0.950 bits per heavy atom. The van der Waals surface area contributed by atoms with Gasteiger partial charge in [-0.2, -0.15) is 0 Å². The van der Waals surface area contributed by atoms with Crippen molar-refractivity contribution in [3.05, 3.63) is 89.0 Å². The third kappa shape index (κ3) is 4.14. The molecule has 9 heteroatoms. The van der Waals surface area contributed by atoms with E-state index in [2.05, 4.69) is 5.32 Å². The molecule has 206 valence electrons. The Kier molecular flexibility index (Phi) is 6.93. The summed E-state index contributed by atoms with van der Waals surface area (Å²) in [5, 5.41) is 14.0. The lowest BCUT2D eigenvalue weighted by molar-refractivity contribution is -0.148. The van der Waals surface area contributed by atoms with Crippen molar-refractivity contribution in [2.24, 2.45) is 11.8 Å². The Hall–Kier alpha value is -4.50. The molecule has 4 unspecified atom stereocenters. The fourth-order valence-corrected chi connectivity index (χ4v) is 6.15. The average molecular weight is 543 g/mol. The smallest absolute Gasteiger partial charge is 0.325 e. The van der Waals surface area contributed by atoms with Gasteiger partial charge in [0.1, 0.15) is 17.0 Å². The van der Waals surface area contributed by atoms with Crippen LogP contribution in [0.4, 0.5) is 5.69 Å². The quantitative estimate of drug-likeness (QED) is 0.326. The summed E-state index contributed by atoms with van der Waals surface area (Å²) in [6.45, 7) is 3.24. The number of carboxylic acids is 1. The van der Waals surface area contributed by atoms with Crippen LogP contribution in [-0.4, -0.2) is 48.4 Å². The van der Waals surface area contributed by atoms with Gasteiger partial charge in [-0.1, -0.05) is 36.4 Å². The molecule has 0 saturated carbocycles. The van der Waals surface area contributed by atoms with Gasteiger partial charge in [-0.25, -0.2) is 4.90 Å². The molecule has 5 rings (SSSR count). The number of aliphatic carboxylic acids is 1. The molecule has 2 amide bonds. The van der Waals surface area contributed by atoms with E-state index in [1.807, 2.05) is 13.0 Å². The molecular weight excluding hydrogens is 512 g/mol. The van der Waals surface area contributed by atoms with Crippen molar-refractivity contribution in [2.75, 3.05) is 19.1 Å². The number of ether oxygens (including phenoxy) is 2. The molecule has 0 aromatic heterocycles. The van der Waals surface area contributed by atoms with E-state index in [1.165, 1.54) is 33.3 Å². The van der Waals surface area contributed by atoms with E-state index in [0.717, 1.165) is 4.90 Å². The van der Waals surface area contributed by atoms with Crippen molar-refractivity contribution >= 4 is 29.3 Å². The Balaban J connectivity index is 1.68. The third-order valence-corrected chi connectivity index (χ3v) is 8.04. The van der Waals surface area contributed by atoms with Gasteiger partial charge in [-0.15, -0.1) is 0 Å². The molecule has 0 bridgehead atoms. The first-order valence-corrected chi connectivity index (χ1v) is 12.9. The summed E-state index contributed by atoms with van der Waals surface area (Å²) < 4.78 is 11.2. The standard InChI is InChI=1S/C31H30N2O7/c1-17-23(39-3)15-14-22(27(17)40-4)26-24-25(31(32-26,30(37)38)16-19-8-6-5-7-9-19)29(36)33(28(24)35)21-12-10-20(11-13-21)18(2)34/h5-15,24-26,32H,16H2,1-4H3,(H,37,38). The highest BCUT2D eigenvalue weighted by molar-refractivity contribution is 6.24. The number of carboxylic acid groups (broad SMARTS) is 1. The number of ketones is 1. The first-order valence-electron chi connectivity index (χ1n) is 12.9. The molecule has 2 fully saturated rings. The number of carbonyl (C=O) groups excluding carboxylic acids is 3. The topological polar surface area (TPSA) is 122 Å². The number of hydrogen-bond donors (Lipinski definition) is 2. The highest BCUT2D eigenvalue weighted by Crippen LogP contribution is 2.53. The zero-order valence-corrected chi connectivity index (χ0v) is 22.6. The number of hydrogen-bond acceptors (Lipinski definition) is 7. The van der Waals surface area contributed by atoms with E-state index in [1.54, 1.807) is 48.5 Å². The summed E-state index contributed by atoms with van der Waals surface area (Å²) >= 11 is 0. The first kappa shape index (κ1) is 27.1. The minimum absolute atomic E-state index is 0.0194. The highest BCUT2D eigenvalue weighted by Gasteiger charge is 2.69. The maximum absolute atomic E-state index is 14.1. The van der Waals surface area contributed by atoms with Crippen molar-refractivity contribution in [3.63, 3.8) is 0 Å². The third-order valence-electron chi connectivity index (χ3n) is 8.04. The summed E-state index contributed by atoms with van der Waals surface area (Å²) in [5.74, 6) is -3.72. The van der Waals surface area contributed by atoms with E-state index >= 15 is 0 Å². The van der Waals surface area contributed by atoms with Crippen LogP contribution in [0.1, 0.15) is 40.0 Å². The zero-order valence-electron chi connectivity index (χ0n) is 22.6. The van der Waals surface area contributed by atoms with Crippen LogP contribution < -0.4 is 19.7 Å². The zero-order chi connectivity index (χ0) is 28.8. The maximum Gasteiger partial charge on any atom is 0.325 e. The first-order chi connectivity index (χ1) is 19.1. The summed E-state index contributed by atoms with van der Waals surface area (Å²) in [7, 11) is 3.03. The van der Waals surface area contributed by atoms with Gasteiger partial charge in [0.05, 0.1) is 31.7 Å². The fourth-order valence-electron chi connectivity index (χ4n) is 6.15. The minimum atomic E-state index is -1.78. The number of fused-ring (bicyclic) bond motifs is 1. The number of nitrogens with zero attached hydrogens (tertiary/aromatic N) is 1. The lowest BCUT2D eigenvalue weighted by Gasteiger charge is -2.31. The van der Waals surface area contributed by atoms with E-state index in [-0.39, 0.29) is 17.9 Å². The number of carbonyl (C=O) groups is 4. The monoisotopic (exact) mass is 542 g/mol. The second-order valence-electron chi connectivity index (χ2n) is 10.2. The Bertz CT molecular complexity index is 1500. The van der Waals surface area contributed by atoms with Crippen molar-refractivity contribution < 1.29 is 33.8 Å². The van der Waals surface area contributed by atoms with Crippen molar-refractivity contribution in [1.29, 1.82) is 0 Å². The number of imide groups is 1. The van der Waals surface area contributed by atoms with Crippen molar-refractivity contribution in [1.82, 2.24) is 5.32 Å². The highest BCUT2D eigenvalue weighted by atomic mass is 16.5. The van der Waals surface area contributed by atoms with E-state index in [9.17, 15) is 24.3 Å². The van der Waals surface area contributed by atoms with Crippen LogP contribution in [0, 0.1) is 18.8 Å². The van der Waals surface area contributed by atoms with Gasteiger partial charge >= 0.3 is 5.97 Å². The van der Waals surface area contributed by atoms with Gasteiger partial charge < -0.3 is 14.6 Å². The van der Waals surface area contributed by atoms with Crippen LogP contribution in [0.5, 0.6) is 11.5 Å². The summed E-state index contributed by atoms with van der Waals surface area (Å²) in [5.41, 5.74) is 0.886. The van der Waals surface area contributed by atoms with Gasteiger partial charge in [0.2, 0.25) is 11.8 Å². The molecule has 0 aliphatic carbocycles. The van der Waals surface area contributed by atoms with Crippen LogP contribution in [0.25, 0.3) is 0 Å². The predicted molar refractivity (Wildman–Crippen MR) is 147 cm³/mol. The number of amides is 2. The molecule has 40 heavy (non-hydrogen) atoms. The van der Waals surface area contributed by atoms with Crippen LogP contribution in [0.2, 0.25) is 0 Å². The lowest BCUT2D eigenvalue weighted by Crippen LogP contribution is -2.57. The molecule has 4 atom stereocenters. The van der Waals surface area contributed by atoms with E-state index < -0.39 is 41.2 Å². The number of methoxy groups -OCH3 is 2. The number of rotatable bonds is 8. The van der Waals surface area contributed by atoms with E-state index in [0.29, 0.717) is 33.8 Å². The molecular formula is C31H30N2O7. The van der Waals surface area contributed by atoms with Gasteiger partial charge in [-0.3, -0.25) is 24.5 Å². The molecule has 9 nitrogen and oxygen atoms in total. The number of benzene rings is 3. The molecule has 2 aliphatic rings. The largest absolute Gasteiger partial charge is 0.496 e. The van der Waals surface area contributed by atoms with Crippen molar-refractivity contribution in [2.45, 2.75) is 31.8 Å². The molecule has 2 aliphatic heterocycles. The molecule has 0 radical (unpaired) electrons. The summed E-state index contributed by atoms with van der Waals surface area (Å²) in [6.07, 6.45) is -0.0194. The normalized spacial score (nSPS) is 23.7. The molecule has 3 aromatic rings. The predicted octanol–water partition coefficient (Wildman–Crippen LogP) is 3.73. The van der Waals surface area contributed by atoms with Crippen LogP contribution in [-0.2, 0) is 20.8 Å². The maximum atomic E-state index is 14.1. The number of Topliss-reactive ketones (excluding diaryl/α,β-unsaturated/α-hetero) is 1. The Labute approximate surface area is 231 Å². The minimum Gasteiger partial charge on any atom is -0.496 e. The van der Waals surface area contributed by atoms with Gasteiger partial charge in [-0.05, 0) is 49.7 Å². The van der Waals surface area contributed by atoms with Crippen LogP contribution >= 0.6 is 0 Å². The van der Waals surface area contributed by atoms with Gasteiger partial charge in [0.25, 0.3) is 0 Å². The second kappa shape index (κ2) is 10.2. The summed E-state index contributed by atoms with van der Waals surface area (Å²) in [4.78, 5) is 54.2. The Morgan fingerprint density at radius 2 is 1.62 bits per heavy atom. The SMILES string of the molecule is COc1ccc(C2NC(Cc3ccccc3)(C(=O)O)C3C(=O)N(c4ccc(C(C)=O)cc4)C(=O)C23)c(OC)c1C. The molecule has 2 heterocycles. The number of nitrogens with one attached hydrogen (secondary N) is 1. The van der Waals surface area contributed by atoms with Gasteiger partial charge in [0.15, 0.2) is 5.78 Å². The lowest BCUT2D eigenvalue weighted by atomic mass is 9.76. The van der Waals surface area contributed by atoms with Crippen LogP contribution in [0.3, 0.4) is 0 Å².